The third kappa shape index (κ3) is 6.39. The molecule has 1 saturated heterocycles. The molecule has 0 saturated carbocycles. The summed E-state index contributed by atoms with van der Waals surface area (Å²) in [7, 11) is -2.45. The molecule has 0 aromatic heterocycles. The molecule has 0 unspecified atom stereocenters. The van der Waals surface area contributed by atoms with Gasteiger partial charge < -0.3 is 15.4 Å². The summed E-state index contributed by atoms with van der Waals surface area (Å²) in [5, 5.41) is 5.38. The summed E-state index contributed by atoms with van der Waals surface area (Å²) in [6.45, 7) is 9.18. The topological polar surface area (TPSA) is 142 Å². The fraction of sp³-hybridized carbons (Fsp3) is 0.407. The molecule has 2 aromatic rings. The third-order valence-electron chi connectivity index (χ3n) is 6.04. The highest BCUT2D eigenvalue weighted by Crippen LogP contribution is 2.38. The number of hydrogen-bond acceptors (Lipinski definition) is 7. The Balaban J connectivity index is 2.03. The average Bonchev–Trinajstić information content (AvgIpc) is 2.83. The van der Waals surface area contributed by atoms with E-state index in [-0.39, 0.29) is 35.7 Å². The van der Waals surface area contributed by atoms with Gasteiger partial charge in [-0.3, -0.25) is 14.4 Å². The molecule has 12 heteroatoms. The lowest BCUT2D eigenvalue weighted by molar-refractivity contribution is -0.120. The maximum atomic E-state index is 13.5. The Morgan fingerprint density at radius 3 is 2.21 bits per heavy atom. The Morgan fingerprint density at radius 2 is 1.72 bits per heavy atom. The number of nitrogens with one attached hydrogen (secondary N) is 2. The summed E-state index contributed by atoms with van der Waals surface area (Å²) in [5.74, 6) is -1.81. The first-order valence-corrected chi connectivity index (χ1v) is 14.2. The summed E-state index contributed by atoms with van der Waals surface area (Å²) in [6.07, 6.45) is 1.07. The van der Waals surface area contributed by atoms with Crippen LogP contribution in [0, 0.1) is 5.92 Å². The standard InChI is InChI=1S/C27H34N4O7S/c1-16(2)25(34)31(39(7,36)37)18-10-8-17(9-11-18)29-24(33)20-14-19(30-22(32)12-13-28-26(30)35)15-21(23(20)38-6)27(3,4)5/h8-11,14-16H,12-13H2,1-7H3,(H,28,35)(H,29,33). The van der Waals surface area contributed by atoms with Crippen LogP contribution in [-0.2, 0) is 25.0 Å². The van der Waals surface area contributed by atoms with Crippen molar-refractivity contribution < 1.29 is 32.3 Å². The SMILES string of the molecule is COc1c(C(=O)Nc2ccc(N(C(=O)C(C)C)S(C)(=O)=O)cc2)cc(N2C(=O)CCNC2=O)cc1C(C)(C)C. The molecule has 1 fully saturated rings. The number of benzene rings is 2. The first kappa shape index (κ1) is 29.6. The van der Waals surface area contributed by atoms with E-state index in [2.05, 4.69) is 10.6 Å². The Kier molecular flexibility index (Phi) is 8.39. The zero-order valence-corrected chi connectivity index (χ0v) is 23.9. The molecule has 11 nitrogen and oxygen atoms in total. The van der Waals surface area contributed by atoms with Crippen molar-refractivity contribution in [1.29, 1.82) is 0 Å². The molecule has 0 spiro atoms. The van der Waals surface area contributed by atoms with E-state index in [0.717, 1.165) is 15.5 Å². The number of rotatable bonds is 7. The van der Waals surface area contributed by atoms with Crippen LogP contribution in [0.25, 0.3) is 0 Å². The molecule has 0 radical (unpaired) electrons. The van der Waals surface area contributed by atoms with Gasteiger partial charge in [-0.1, -0.05) is 34.6 Å². The zero-order valence-electron chi connectivity index (χ0n) is 23.1. The molecule has 1 aliphatic heterocycles. The molecule has 0 aliphatic carbocycles. The van der Waals surface area contributed by atoms with Gasteiger partial charge in [0.25, 0.3) is 5.91 Å². The van der Waals surface area contributed by atoms with Gasteiger partial charge in [0.1, 0.15) is 5.75 Å². The van der Waals surface area contributed by atoms with Crippen LogP contribution in [0.5, 0.6) is 5.75 Å². The van der Waals surface area contributed by atoms with Gasteiger partial charge in [0, 0.05) is 30.1 Å². The zero-order chi connectivity index (χ0) is 29.3. The van der Waals surface area contributed by atoms with E-state index >= 15 is 0 Å². The summed E-state index contributed by atoms with van der Waals surface area (Å²) in [5.41, 5.74) is 0.905. The summed E-state index contributed by atoms with van der Waals surface area (Å²) in [4.78, 5) is 52.2. The number of urea groups is 1. The van der Waals surface area contributed by atoms with Crippen molar-refractivity contribution in [2.45, 2.75) is 46.5 Å². The molecule has 0 bridgehead atoms. The van der Waals surface area contributed by atoms with Gasteiger partial charge >= 0.3 is 6.03 Å². The second-order valence-corrected chi connectivity index (χ2v) is 12.4. The van der Waals surface area contributed by atoms with Crippen LogP contribution < -0.4 is 24.6 Å². The molecule has 1 aliphatic rings. The lowest BCUT2D eigenvalue weighted by Crippen LogP contribution is -2.50. The molecule has 3 rings (SSSR count). The fourth-order valence-corrected chi connectivity index (χ4v) is 5.17. The third-order valence-corrected chi connectivity index (χ3v) is 7.10. The summed E-state index contributed by atoms with van der Waals surface area (Å²) < 4.78 is 30.9. The minimum Gasteiger partial charge on any atom is -0.496 e. The quantitative estimate of drug-likeness (QED) is 0.528. The molecule has 2 aromatic carbocycles. The number of anilines is 3. The van der Waals surface area contributed by atoms with E-state index < -0.39 is 45.1 Å². The van der Waals surface area contributed by atoms with E-state index in [1.54, 1.807) is 19.9 Å². The molecule has 0 atom stereocenters. The number of carbonyl (C=O) groups is 4. The van der Waals surface area contributed by atoms with E-state index in [4.69, 9.17) is 4.74 Å². The maximum absolute atomic E-state index is 13.5. The van der Waals surface area contributed by atoms with Gasteiger partial charge in [0.15, 0.2) is 0 Å². The minimum absolute atomic E-state index is 0.0999. The molecule has 210 valence electrons. The molecular formula is C27H34N4O7S. The number of carbonyl (C=O) groups excluding carboxylic acids is 4. The monoisotopic (exact) mass is 558 g/mol. The van der Waals surface area contributed by atoms with Crippen molar-refractivity contribution in [2.24, 2.45) is 5.92 Å². The van der Waals surface area contributed by atoms with Crippen molar-refractivity contribution >= 4 is 50.8 Å². The average molecular weight is 559 g/mol. The number of ether oxygens (including phenoxy) is 1. The number of hydrogen-bond donors (Lipinski definition) is 2. The van der Waals surface area contributed by atoms with Crippen molar-refractivity contribution in [3.63, 3.8) is 0 Å². The second-order valence-electron chi connectivity index (χ2n) is 10.6. The number of imide groups is 1. The Bertz CT molecular complexity index is 1390. The molecule has 1 heterocycles. The van der Waals surface area contributed by atoms with Gasteiger partial charge in [-0.15, -0.1) is 0 Å². The number of amides is 5. The lowest BCUT2D eigenvalue weighted by Gasteiger charge is -2.30. The van der Waals surface area contributed by atoms with Gasteiger partial charge in [-0.05, 0) is 41.8 Å². The van der Waals surface area contributed by atoms with Crippen LogP contribution in [0.1, 0.15) is 57.0 Å². The van der Waals surface area contributed by atoms with Crippen LogP contribution in [0.15, 0.2) is 36.4 Å². The number of sulfonamides is 1. The van der Waals surface area contributed by atoms with Crippen LogP contribution in [-0.4, -0.2) is 52.1 Å². The summed E-state index contributed by atoms with van der Waals surface area (Å²) in [6, 6.07) is 8.30. The number of nitrogens with zero attached hydrogens (tertiary/aromatic N) is 2. The first-order valence-electron chi connectivity index (χ1n) is 12.3. The first-order chi connectivity index (χ1) is 18.1. The van der Waals surface area contributed by atoms with E-state index in [9.17, 15) is 27.6 Å². The highest BCUT2D eigenvalue weighted by molar-refractivity contribution is 7.92. The van der Waals surface area contributed by atoms with E-state index in [0.29, 0.717) is 11.3 Å². The predicted octanol–water partition coefficient (Wildman–Crippen LogP) is 3.64. The predicted molar refractivity (Wildman–Crippen MR) is 149 cm³/mol. The van der Waals surface area contributed by atoms with Gasteiger partial charge in [0.2, 0.25) is 21.8 Å². The van der Waals surface area contributed by atoms with Crippen LogP contribution in [0.2, 0.25) is 0 Å². The highest BCUT2D eigenvalue weighted by Gasteiger charge is 2.32. The normalized spacial score (nSPS) is 14.2. The molecular weight excluding hydrogens is 524 g/mol. The van der Waals surface area contributed by atoms with Crippen LogP contribution in [0.4, 0.5) is 21.9 Å². The molecule has 5 amide bonds. The second kappa shape index (κ2) is 11.0. The van der Waals surface area contributed by atoms with Crippen molar-refractivity contribution in [3.05, 3.63) is 47.5 Å². The Labute approximate surface area is 228 Å². The van der Waals surface area contributed by atoms with Crippen molar-refractivity contribution in [1.82, 2.24) is 5.32 Å². The Morgan fingerprint density at radius 1 is 1.10 bits per heavy atom. The fourth-order valence-electron chi connectivity index (χ4n) is 4.13. The smallest absolute Gasteiger partial charge is 0.328 e. The minimum atomic E-state index is -3.88. The number of methoxy groups -OCH3 is 1. The largest absolute Gasteiger partial charge is 0.496 e. The van der Waals surface area contributed by atoms with Gasteiger partial charge in [0.05, 0.1) is 30.3 Å². The molecule has 39 heavy (non-hydrogen) atoms. The van der Waals surface area contributed by atoms with Crippen LogP contribution in [0.3, 0.4) is 0 Å². The van der Waals surface area contributed by atoms with Crippen molar-refractivity contribution in [3.8, 4) is 5.75 Å². The van der Waals surface area contributed by atoms with Crippen molar-refractivity contribution in [2.75, 3.05) is 34.4 Å². The van der Waals surface area contributed by atoms with Gasteiger partial charge in [-0.25, -0.2) is 22.4 Å². The lowest BCUT2D eigenvalue weighted by atomic mass is 9.84. The van der Waals surface area contributed by atoms with E-state index in [1.807, 2.05) is 20.8 Å². The van der Waals surface area contributed by atoms with E-state index in [1.165, 1.54) is 37.4 Å². The van der Waals surface area contributed by atoms with Gasteiger partial charge in [-0.2, -0.15) is 0 Å². The van der Waals surface area contributed by atoms with Crippen LogP contribution >= 0.6 is 0 Å². The molecule has 2 N–H and O–H groups in total. The Hall–Kier alpha value is -3.93. The maximum Gasteiger partial charge on any atom is 0.328 e. The highest BCUT2D eigenvalue weighted by atomic mass is 32.2. The summed E-state index contributed by atoms with van der Waals surface area (Å²) >= 11 is 0.